The number of rotatable bonds is 3. The van der Waals surface area contributed by atoms with Crippen molar-refractivity contribution in [2.75, 3.05) is 0 Å². The van der Waals surface area contributed by atoms with Crippen molar-refractivity contribution in [2.45, 2.75) is 20.3 Å². The molecule has 1 heterocycles. The fraction of sp³-hybridized carbons (Fsp3) is 0.200. The summed E-state index contributed by atoms with van der Waals surface area (Å²) in [6.07, 6.45) is 1.04. The van der Waals surface area contributed by atoms with E-state index in [0.29, 0.717) is 5.56 Å². The van der Waals surface area contributed by atoms with Gasteiger partial charge in [-0.1, -0.05) is 31.2 Å². The lowest BCUT2D eigenvalue weighted by Gasteiger charge is -2.07. The average molecular weight is 239 g/mol. The molecule has 1 aromatic heterocycles. The Morgan fingerprint density at radius 2 is 1.83 bits per heavy atom. The topological polar surface area (TPSA) is 62.8 Å². The minimum Gasteiger partial charge on any atom is -0.384 e. The number of benzene rings is 1. The molecule has 1 aromatic carbocycles. The summed E-state index contributed by atoms with van der Waals surface area (Å²) in [5.41, 5.74) is 10.3. The lowest BCUT2D eigenvalue weighted by atomic mass is 10.1. The first kappa shape index (κ1) is 12.3. The highest BCUT2D eigenvalue weighted by Gasteiger charge is 2.05. The van der Waals surface area contributed by atoms with Gasteiger partial charge in [0.15, 0.2) is 0 Å². The third-order valence-electron chi connectivity index (χ3n) is 3.03. The Kier molecular flexibility index (Phi) is 3.42. The van der Waals surface area contributed by atoms with Crippen LogP contribution in [0.15, 0.2) is 36.4 Å². The normalized spacial score (nSPS) is 10.3. The van der Waals surface area contributed by atoms with Crippen LogP contribution in [0.3, 0.4) is 0 Å². The van der Waals surface area contributed by atoms with Gasteiger partial charge in [-0.3, -0.25) is 10.4 Å². The number of nitrogens with one attached hydrogen (secondary N) is 1. The predicted octanol–water partition coefficient (Wildman–Crippen LogP) is 2.90. The number of aromatic nitrogens is 1. The standard InChI is InChI=1S/C15H17N3/c1-3-11-4-6-12(7-5-11)14-9-8-13(15(16)17)10(2)18-14/h4-9H,3H2,1-2H3,(H3,16,17). The molecule has 0 unspecified atom stereocenters. The smallest absolute Gasteiger partial charge is 0.124 e. The van der Waals surface area contributed by atoms with E-state index in [1.165, 1.54) is 5.56 Å². The third kappa shape index (κ3) is 2.40. The van der Waals surface area contributed by atoms with Crippen LogP contribution in [0.1, 0.15) is 23.7 Å². The van der Waals surface area contributed by atoms with E-state index in [4.69, 9.17) is 11.1 Å². The van der Waals surface area contributed by atoms with Gasteiger partial charge in [0, 0.05) is 16.8 Å². The van der Waals surface area contributed by atoms with Gasteiger partial charge in [-0.25, -0.2) is 0 Å². The molecule has 3 heteroatoms. The number of pyridine rings is 1. The van der Waals surface area contributed by atoms with Crippen molar-refractivity contribution in [3.05, 3.63) is 53.2 Å². The molecule has 2 aromatic rings. The maximum Gasteiger partial charge on any atom is 0.124 e. The van der Waals surface area contributed by atoms with E-state index in [2.05, 4.69) is 36.2 Å². The van der Waals surface area contributed by atoms with Crippen LogP contribution in [-0.2, 0) is 6.42 Å². The van der Waals surface area contributed by atoms with Crippen molar-refractivity contribution in [3.63, 3.8) is 0 Å². The lowest BCUT2D eigenvalue weighted by Crippen LogP contribution is -2.13. The molecule has 3 N–H and O–H groups in total. The predicted molar refractivity (Wildman–Crippen MR) is 74.8 cm³/mol. The van der Waals surface area contributed by atoms with Gasteiger partial charge in [0.1, 0.15) is 5.84 Å². The van der Waals surface area contributed by atoms with Gasteiger partial charge in [-0.05, 0) is 31.0 Å². The highest BCUT2D eigenvalue weighted by Crippen LogP contribution is 2.19. The molecule has 0 saturated carbocycles. The minimum absolute atomic E-state index is 0.0629. The lowest BCUT2D eigenvalue weighted by molar-refractivity contribution is 1.14. The summed E-state index contributed by atoms with van der Waals surface area (Å²) in [5, 5.41) is 7.44. The van der Waals surface area contributed by atoms with Gasteiger partial charge in [0.05, 0.1) is 5.69 Å². The first-order valence-corrected chi connectivity index (χ1v) is 6.03. The van der Waals surface area contributed by atoms with Crippen molar-refractivity contribution in [1.82, 2.24) is 4.98 Å². The number of nitrogens with two attached hydrogens (primary N) is 1. The molecule has 0 bridgehead atoms. The highest BCUT2D eigenvalue weighted by molar-refractivity contribution is 5.96. The largest absolute Gasteiger partial charge is 0.384 e. The van der Waals surface area contributed by atoms with Crippen LogP contribution in [0.25, 0.3) is 11.3 Å². The Bertz CT molecular complexity index is 571. The molecule has 0 radical (unpaired) electrons. The molecule has 0 atom stereocenters. The molecule has 0 aliphatic heterocycles. The zero-order chi connectivity index (χ0) is 13.1. The van der Waals surface area contributed by atoms with E-state index in [1.54, 1.807) is 0 Å². The maximum absolute atomic E-state index is 7.44. The SMILES string of the molecule is CCc1ccc(-c2ccc(C(=N)N)c(C)n2)cc1. The summed E-state index contributed by atoms with van der Waals surface area (Å²) >= 11 is 0. The minimum atomic E-state index is 0.0629. The van der Waals surface area contributed by atoms with Crippen LogP contribution in [-0.4, -0.2) is 10.8 Å². The van der Waals surface area contributed by atoms with Crippen LogP contribution >= 0.6 is 0 Å². The molecule has 0 spiro atoms. The fourth-order valence-corrected chi connectivity index (χ4v) is 1.92. The van der Waals surface area contributed by atoms with Gasteiger partial charge < -0.3 is 5.73 Å². The van der Waals surface area contributed by atoms with Gasteiger partial charge in [0.2, 0.25) is 0 Å². The highest BCUT2D eigenvalue weighted by atomic mass is 14.8. The fourth-order valence-electron chi connectivity index (χ4n) is 1.92. The molecule has 2 rings (SSSR count). The average Bonchev–Trinajstić information content (AvgIpc) is 2.38. The first-order valence-electron chi connectivity index (χ1n) is 6.03. The van der Waals surface area contributed by atoms with E-state index in [9.17, 15) is 0 Å². The number of aryl methyl sites for hydroxylation is 2. The van der Waals surface area contributed by atoms with Crippen LogP contribution in [0.5, 0.6) is 0 Å². The van der Waals surface area contributed by atoms with Crippen LogP contribution in [0.2, 0.25) is 0 Å². The summed E-state index contributed by atoms with van der Waals surface area (Å²) < 4.78 is 0. The molecule has 18 heavy (non-hydrogen) atoms. The quantitative estimate of drug-likeness (QED) is 0.639. The Labute approximate surface area is 107 Å². The summed E-state index contributed by atoms with van der Waals surface area (Å²) in [6.45, 7) is 4.01. The van der Waals surface area contributed by atoms with Gasteiger partial charge >= 0.3 is 0 Å². The van der Waals surface area contributed by atoms with Gasteiger partial charge in [-0.15, -0.1) is 0 Å². The molecule has 3 nitrogen and oxygen atoms in total. The summed E-state index contributed by atoms with van der Waals surface area (Å²) in [5.74, 6) is 0.0629. The van der Waals surface area contributed by atoms with E-state index >= 15 is 0 Å². The maximum atomic E-state index is 7.44. The van der Waals surface area contributed by atoms with Crippen LogP contribution in [0, 0.1) is 12.3 Å². The third-order valence-corrected chi connectivity index (χ3v) is 3.03. The van der Waals surface area contributed by atoms with Crippen molar-refractivity contribution in [3.8, 4) is 11.3 Å². The van der Waals surface area contributed by atoms with E-state index in [-0.39, 0.29) is 5.84 Å². The van der Waals surface area contributed by atoms with Crippen LogP contribution in [0.4, 0.5) is 0 Å². The molecule has 0 amide bonds. The van der Waals surface area contributed by atoms with Crippen LogP contribution < -0.4 is 5.73 Å². The Morgan fingerprint density at radius 3 is 2.33 bits per heavy atom. The number of amidine groups is 1. The monoisotopic (exact) mass is 239 g/mol. The summed E-state index contributed by atoms with van der Waals surface area (Å²) in [7, 11) is 0. The number of nitrogen functional groups attached to an aromatic ring is 1. The number of hydrogen-bond acceptors (Lipinski definition) is 2. The van der Waals surface area contributed by atoms with E-state index < -0.39 is 0 Å². The molecule has 0 fully saturated rings. The van der Waals surface area contributed by atoms with Crippen molar-refractivity contribution >= 4 is 5.84 Å². The second-order valence-corrected chi connectivity index (χ2v) is 4.29. The van der Waals surface area contributed by atoms with Gasteiger partial charge in [-0.2, -0.15) is 0 Å². The summed E-state index contributed by atoms with van der Waals surface area (Å²) in [6, 6.07) is 12.1. The van der Waals surface area contributed by atoms with Crippen molar-refractivity contribution in [1.29, 1.82) is 5.41 Å². The number of hydrogen-bond donors (Lipinski definition) is 2. The summed E-state index contributed by atoms with van der Waals surface area (Å²) in [4.78, 5) is 4.50. The first-order chi connectivity index (χ1) is 8.61. The van der Waals surface area contributed by atoms with E-state index in [1.807, 2.05) is 19.1 Å². The Balaban J connectivity index is 2.39. The zero-order valence-electron chi connectivity index (χ0n) is 10.7. The molecule has 0 aliphatic carbocycles. The Hall–Kier alpha value is -2.16. The van der Waals surface area contributed by atoms with Gasteiger partial charge in [0.25, 0.3) is 0 Å². The number of nitrogens with zero attached hydrogens (tertiary/aromatic N) is 1. The molecule has 0 saturated heterocycles. The van der Waals surface area contributed by atoms with Crippen molar-refractivity contribution in [2.24, 2.45) is 5.73 Å². The van der Waals surface area contributed by atoms with Crippen molar-refractivity contribution < 1.29 is 0 Å². The molecule has 0 aliphatic rings. The van der Waals surface area contributed by atoms with E-state index in [0.717, 1.165) is 23.4 Å². The second kappa shape index (κ2) is 5.00. The zero-order valence-corrected chi connectivity index (χ0v) is 10.7. The second-order valence-electron chi connectivity index (χ2n) is 4.29. The Morgan fingerprint density at radius 1 is 1.17 bits per heavy atom. The molecule has 92 valence electrons. The molecular formula is C15H17N3. The molecular weight excluding hydrogens is 222 g/mol.